The summed E-state index contributed by atoms with van der Waals surface area (Å²) in [5, 5.41) is 7.78. The standard InChI is InChI=1S/C21H25N3O3S2/c1-14-7-6-8-15(2)17(14)12-24-18(11-19(22-24)21(3,4)5)20(25)23-29(26,27)16-9-10-28-13-16/h6-11,13H,12H2,1-5H3,(H,23,25). The molecule has 0 saturated carbocycles. The number of nitrogens with one attached hydrogen (secondary N) is 1. The van der Waals surface area contributed by atoms with Crippen molar-refractivity contribution in [2.45, 2.75) is 51.5 Å². The minimum atomic E-state index is -3.93. The Hall–Kier alpha value is -2.45. The third kappa shape index (κ3) is 4.59. The van der Waals surface area contributed by atoms with E-state index in [1.807, 2.05) is 52.8 Å². The van der Waals surface area contributed by atoms with Gasteiger partial charge in [-0.25, -0.2) is 13.1 Å². The van der Waals surface area contributed by atoms with Crippen LogP contribution in [0, 0.1) is 13.8 Å². The van der Waals surface area contributed by atoms with Crippen molar-refractivity contribution in [1.29, 1.82) is 0 Å². The maximum absolute atomic E-state index is 12.9. The number of hydrogen-bond donors (Lipinski definition) is 1. The highest BCUT2D eigenvalue weighted by Crippen LogP contribution is 2.24. The molecule has 0 saturated heterocycles. The first-order valence-electron chi connectivity index (χ1n) is 9.22. The summed E-state index contributed by atoms with van der Waals surface area (Å²) in [4.78, 5) is 13.0. The van der Waals surface area contributed by atoms with E-state index < -0.39 is 15.9 Å². The summed E-state index contributed by atoms with van der Waals surface area (Å²) in [6, 6.07) is 9.15. The highest BCUT2D eigenvalue weighted by Gasteiger charge is 2.26. The zero-order valence-electron chi connectivity index (χ0n) is 17.2. The Kier molecular flexibility index (Phi) is 5.69. The first-order valence-corrected chi connectivity index (χ1v) is 11.6. The summed E-state index contributed by atoms with van der Waals surface area (Å²) in [7, 11) is -3.93. The molecule has 8 heteroatoms. The van der Waals surface area contributed by atoms with Gasteiger partial charge >= 0.3 is 0 Å². The number of aromatic nitrogens is 2. The van der Waals surface area contributed by atoms with Crippen LogP contribution in [0.1, 0.15) is 53.6 Å². The van der Waals surface area contributed by atoms with Gasteiger partial charge in [0.15, 0.2) is 0 Å². The Balaban J connectivity index is 2.01. The Bertz CT molecular complexity index is 1120. The molecule has 1 N–H and O–H groups in total. The fourth-order valence-corrected chi connectivity index (χ4v) is 4.96. The monoisotopic (exact) mass is 431 g/mol. The molecule has 1 aromatic carbocycles. The maximum Gasteiger partial charge on any atom is 0.283 e. The first kappa shape index (κ1) is 21.3. The number of thiophene rings is 1. The molecule has 6 nitrogen and oxygen atoms in total. The number of carbonyl (C=O) groups is 1. The van der Waals surface area contributed by atoms with Gasteiger partial charge in [0.1, 0.15) is 5.69 Å². The molecule has 2 heterocycles. The number of aryl methyl sites for hydroxylation is 2. The predicted octanol–water partition coefficient (Wildman–Crippen LogP) is 4.03. The van der Waals surface area contributed by atoms with E-state index in [1.165, 1.54) is 22.8 Å². The van der Waals surface area contributed by atoms with Gasteiger partial charge in [-0.3, -0.25) is 9.48 Å². The average molecular weight is 432 g/mol. The minimum Gasteiger partial charge on any atom is -0.266 e. The molecule has 3 rings (SSSR count). The molecule has 154 valence electrons. The van der Waals surface area contributed by atoms with Crippen LogP contribution in [0.3, 0.4) is 0 Å². The second-order valence-corrected chi connectivity index (χ2v) is 10.5. The van der Waals surface area contributed by atoms with Gasteiger partial charge in [0.2, 0.25) is 0 Å². The van der Waals surface area contributed by atoms with Crippen molar-refractivity contribution in [3.8, 4) is 0 Å². The Morgan fingerprint density at radius 2 is 1.83 bits per heavy atom. The van der Waals surface area contributed by atoms with Crippen LogP contribution < -0.4 is 4.72 Å². The van der Waals surface area contributed by atoms with E-state index in [-0.39, 0.29) is 16.0 Å². The third-order valence-corrected chi connectivity index (χ3v) is 6.93. The Labute approximate surface area is 175 Å². The molecule has 0 spiro atoms. The summed E-state index contributed by atoms with van der Waals surface area (Å²) >= 11 is 1.26. The zero-order chi connectivity index (χ0) is 21.4. The lowest BCUT2D eigenvalue weighted by atomic mass is 9.92. The maximum atomic E-state index is 12.9. The predicted molar refractivity (Wildman–Crippen MR) is 115 cm³/mol. The van der Waals surface area contributed by atoms with Crippen LogP contribution in [0.15, 0.2) is 46.0 Å². The molecule has 0 atom stereocenters. The molecule has 3 aromatic rings. The van der Waals surface area contributed by atoms with Crippen molar-refractivity contribution in [3.05, 3.63) is 69.2 Å². The van der Waals surface area contributed by atoms with Crippen LogP contribution in [0.2, 0.25) is 0 Å². The lowest BCUT2D eigenvalue weighted by molar-refractivity contribution is 0.0971. The molecule has 1 amide bonds. The molecule has 2 aromatic heterocycles. The smallest absolute Gasteiger partial charge is 0.266 e. The van der Waals surface area contributed by atoms with Crippen molar-refractivity contribution < 1.29 is 13.2 Å². The van der Waals surface area contributed by atoms with Gasteiger partial charge in [0.25, 0.3) is 15.9 Å². The molecule has 0 aliphatic rings. The van der Waals surface area contributed by atoms with Crippen LogP contribution in [-0.4, -0.2) is 24.1 Å². The largest absolute Gasteiger partial charge is 0.283 e. The first-order chi connectivity index (χ1) is 13.5. The van der Waals surface area contributed by atoms with Gasteiger partial charge in [-0.1, -0.05) is 39.0 Å². The van der Waals surface area contributed by atoms with Gasteiger partial charge in [-0.2, -0.15) is 16.4 Å². The molecule has 0 fully saturated rings. The third-order valence-electron chi connectivity index (χ3n) is 4.77. The second kappa shape index (κ2) is 7.76. The second-order valence-electron chi connectivity index (χ2n) is 8.09. The molecule has 29 heavy (non-hydrogen) atoms. The van der Waals surface area contributed by atoms with Crippen molar-refractivity contribution in [1.82, 2.24) is 14.5 Å². The van der Waals surface area contributed by atoms with E-state index in [4.69, 9.17) is 0 Å². The number of sulfonamides is 1. The molecule has 0 aliphatic carbocycles. The fourth-order valence-electron chi connectivity index (χ4n) is 2.97. The summed E-state index contributed by atoms with van der Waals surface area (Å²) in [6.45, 7) is 10.4. The minimum absolute atomic E-state index is 0.0766. The van der Waals surface area contributed by atoms with Crippen LogP contribution in [-0.2, 0) is 22.0 Å². The summed E-state index contributed by atoms with van der Waals surface area (Å²) in [6.07, 6.45) is 0. The number of amides is 1. The number of nitrogens with zero attached hydrogens (tertiary/aromatic N) is 2. The van der Waals surface area contributed by atoms with E-state index in [0.29, 0.717) is 6.54 Å². The van der Waals surface area contributed by atoms with Crippen LogP contribution in [0.25, 0.3) is 0 Å². The van der Waals surface area contributed by atoms with E-state index in [1.54, 1.807) is 16.1 Å². The van der Waals surface area contributed by atoms with Crippen LogP contribution >= 0.6 is 11.3 Å². The quantitative estimate of drug-likeness (QED) is 0.661. The van der Waals surface area contributed by atoms with Gasteiger partial charge < -0.3 is 0 Å². The number of hydrogen-bond acceptors (Lipinski definition) is 5. The summed E-state index contributed by atoms with van der Waals surface area (Å²) in [5.74, 6) is -0.689. The Morgan fingerprint density at radius 1 is 1.17 bits per heavy atom. The number of rotatable bonds is 5. The van der Waals surface area contributed by atoms with Crippen LogP contribution in [0.4, 0.5) is 0 Å². The lowest BCUT2D eigenvalue weighted by Crippen LogP contribution is -2.32. The molecule has 0 aliphatic heterocycles. The summed E-state index contributed by atoms with van der Waals surface area (Å²) in [5.41, 5.74) is 3.90. The molecular weight excluding hydrogens is 406 g/mol. The zero-order valence-corrected chi connectivity index (χ0v) is 18.8. The van der Waals surface area contributed by atoms with Crippen molar-refractivity contribution in [3.63, 3.8) is 0 Å². The lowest BCUT2D eigenvalue weighted by Gasteiger charge is -2.15. The van der Waals surface area contributed by atoms with E-state index in [0.717, 1.165) is 22.4 Å². The number of carbonyl (C=O) groups excluding carboxylic acids is 1. The van der Waals surface area contributed by atoms with Crippen molar-refractivity contribution in [2.24, 2.45) is 0 Å². The van der Waals surface area contributed by atoms with Gasteiger partial charge in [0, 0.05) is 10.8 Å². The molecule has 0 unspecified atom stereocenters. The van der Waals surface area contributed by atoms with Crippen LogP contribution in [0.5, 0.6) is 0 Å². The SMILES string of the molecule is Cc1cccc(C)c1Cn1nc(C(C)(C)C)cc1C(=O)NS(=O)(=O)c1ccsc1. The molecule has 0 bridgehead atoms. The van der Waals surface area contributed by atoms with E-state index in [9.17, 15) is 13.2 Å². The highest BCUT2D eigenvalue weighted by atomic mass is 32.2. The van der Waals surface area contributed by atoms with Gasteiger partial charge in [-0.05, 0) is 48.1 Å². The topological polar surface area (TPSA) is 81.1 Å². The Morgan fingerprint density at radius 3 is 2.38 bits per heavy atom. The van der Waals surface area contributed by atoms with Gasteiger partial charge in [-0.15, -0.1) is 0 Å². The normalized spacial score (nSPS) is 12.2. The fraction of sp³-hybridized carbons (Fsp3) is 0.333. The van der Waals surface area contributed by atoms with E-state index in [2.05, 4.69) is 9.82 Å². The molecule has 0 radical (unpaired) electrons. The average Bonchev–Trinajstić information content (AvgIpc) is 3.27. The molecular formula is C21H25N3O3S2. The van der Waals surface area contributed by atoms with Crippen molar-refractivity contribution >= 4 is 27.3 Å². The van der Waals surface area contributed by atoms with Crippen molar-refractivity contribution in [2.75, 3.05) is 0 Å². The van der Waals surface area contributed by atoms with Gasteiger partial charge in [0.05, 0.1) is 17.1 Å². The van der Waals surface area contributed by atoms with E-state index >= 15 is 0 Å². The summed E-state index contributed by atoms with van der Waals surface area (Å²) < 4.78 is 28.8. The number of benzene rings is 1. The highest BCUT2D eigenvalue weighted by molar-refractivity contribution is 7.90.